The van der Waals surface area contributed by atoms with Crippen molar-refractivity contribution in [3.8, 4) is 0 Å². The second-order valence-corrected chi connectivity index (χ2v) is 5.92. The van der Waals surface area contributed by atoms with Gasteiger partial charge in [0.1, 0.15) is 5.69 Å². The third-order valence-corrected chi connectivity index (χ3v) is 4.66. The molecule has 0 unspecified atom stereocenters. The summed E-state index contributed by atoms with van der Waals surface area (Å²) in [5.74, 6) is -1.95. The van der Waals surface area contributed by atoms with Gasteiger partial charge in [0.2, 0.25) is 0 Å². The summed E-state index contributed by atoms with van der Waals surface area (Å²) in [6, 6.07) is 2.30. The molecule has 0 bridgehead atoms. The number of ether oxygens (including phenoxy) is 2. The van der Waals surface area contributed by atoms with Crippen molar-refractivity contribution in [2.45, 2.75) is 18.6 Å². The third kappa shape index (κ3) is 1.52. The van der Waals surface area contributed by atoms with Gasteiger partial charge < -0.3 is 20.1 Å². The van der Waals surface area contributed by atoms with E-state index in [-0.39, 0.29) is 16.8 Å². The van der Waals surface area contributed by atoms with E-state index in [2.05, 4.69) is 0 Å². The predicted molar refractivity (Wildman–Crippen MR) is 69.3 cm³/mol. The summed E-state index contributed by atoms with van der Waals surface area (Å²) in [6.45, 7) is 2.01. The summed E-state index contributed by atoms with van der Waals surface area (Å²) in [7, 11) is 0. The molecule has 0 amide bonds. The maximum atomic E-state index is 14.1. The fourth-order valence-corrected chi connectivity index (χ4v) is 3.55. The highest BCUT2D eigenvalue weighted by Crippen LogP contribution is 2.62. The van der Waals surface area contributed by atoms with Crippen molar-refractivity contribution < 1.29 is 18.3 Å². The Morgan fingerprint density at radius 2 is 1.65 bits per heavy atom. The number of anilines is 2. The van der Waals surface area contributed by atoms with Gasteiger partial charge in [0.15, 0.2) is 17.4 Å². The van der Waals surface area contributed by atoms with Gasteiger partial charge >= 0.3 is 0 Å². The van der Waals surface area contributed by atoms with Crippen LogP contribution in [0, 0.1) is 17.0 Å². The van der Waals surface area contributed by atoms with E-state index >= 15 is 0 Å². The lowest BCUT2D eigenvalue weighted by Crippen LogP contribution is -2.40. The van der Waals surface area contributed by atoms with E-state index < -0.39 is 17.4 Å². The van der Waals surface area contributed by atoms with Gasteiger partial charge in [0.05, 0.1) is 19.8 Å². The first-order chi connectivity index (χ1) is 9.55. The van der Waals surface area contributed by atoms with Gasteiger partial charge in [-0.1, -0.05) is 0 Å². The summed E-state index contributed by atoms with van der Waals surface area (Å²) in [5.41, 5.74) is 5.42. The van der Waals surface area contributed by atoms with Gasteiger partial charge in [0, 0.05) is 17.6 Å². The minimum absolute atomic E-state index is 0.0264. The average Bonchev–Trinajstić information content (AvgIpc) is 2.88. The molecule has 0 radical (unpaired) electrons. The Morgan fingerprint density at radius 1 is 1.05 bits per heavy atom. The number of benzene rings is 1. The summed E-state index contributed by atoms with van der Waals surface area (Å²) in [4.78, 5) is 1.70. The number of fused-ring (bicyclic) bond motifs is 1. The number of nitrogens with zero attached hydrogens (tertiary/aromatic N) is 1. The molecular weight excluding hydrogens is 266 g/mol. The van der Waals surface area contributed by atoms with Crippen LogP contribution in [0.1, 0.15) is 12.8 Å². The summed E-state index contributed by atoms with van der Waals surface area (Å²) >= 11 is 0. The molecule has 0 atom stereocenters. The molecule has 20 heavy (non-hydrogen) atoms. The molecule has 1 aromatic rings. The van der Waals surface area contributed by atoms with Crippen LogP contribution in [0.3, 0.4) is 0 Å². The third-order valence-electron chi connectivity index (χ3n) is 4.66. The van der Waals surface area contributed by atoms with Crippen LogP contribution < -0.4 is 10.6 Å². The molecule has 108 valence electrons. The van der Waals surface area contributed by atoms with Crippen molar-refractivity contribution in [1.82, 2.24) is 0 Å². The number of rotatable bonds is 1. The molecule has 0 aromatic heterocycles. The van der Waals surface area contributed by atoms with Gasteiger partial charge in [0.25, 0.3) is 0 Å². The molecule has 6 heteroatoms. The van der Waals surface area contributed by atoms with Crippen LogP contribution in [-0.2, 0) is 9.47 Å². The average molecular weight is 282 g/mol. The van der Waals surface area contributed by atoms with Crippen LogP contribution in [0.25, 0.3) is 0 Å². The molecule has 2 spiro atoms. The maximum absolute atomic E-state index is 14.1. The predicted octanol–water partition coefficient (Wildman–Crippen LogP) is 1.89. The van der Waals surface area contributed by atoms with Crippen LogP contribution in [0.4, 0.5) is 20.2 Å². The fraction of sp³-hybridized carbons (Fsp3) is 0.571. The van der Waals surface area contributed by atoms with Gasteiger partial charge in [-0.15, -0.1) is 0 Å². The second-order valence-electron chi connectivity index (χ2n) is 5.92. The zero-order valence-electron chi connectivity index (χ0n) is 11.0. The van der Waals surface area contributed by atoms with Crippen molar-refractivity contribution in [2.24, 2.45) is 5.41 Å². The van der Waals surface area contributed by atoms with Crippen molar-refractivity contribution >= 4 is 11.4 Å². The van der Waals surface area contributed by atoms with Crippen molar-refractivity contribution in [3.63, 3.8) is 0 Å². The normalized spacial score (nSPS) is 25.8. The molecular formula is C14H16F2N2O2. The van der Waals surface area contributed by atoms with E-state index in [1.165, 1.54) is 0 Å². The van der Waals surface area contributed by atoms with Gasteiger partial charge in [-0.3, -0.25) is 0 Å². The highest BCUT2D eigenvalue weighted by atomic mass is 19.1. The van der Waals surface area contributed by atoms with Crippen LogP contribution in [0.5, 0.6) is 0 Å². The Kier molecular flexibility index (Phi) is 2.36. The number of halogens is 2. The van der Waals surface area contributed by atoms with E-state index in [4.69, 9.17) is 15.2 Å². The van der Waals surface area contributed by atoms with E-state index in [0.717, 1.165) is 25.0 Å². The first-order valence-corrected chi connectivity index (χ1v) is 6.83. The highest BCUT2D eigenvalue weighted by Gasteiger charge is 2.68. The van der Waals surface area contributed by atoms with Gasteiger partial charge in [-0.05, 0) is 25.0 Å². The van der Waals surface area contributed by atoms with Crippen LogP contribution in [0.2, 0.25) is 0 Å². The largest absolute Gasteiger partial charge is 0.399 e. The highest BCUT2D eigenvalue weighted by molar-refractivity contribution is 5.57. The first-order valence-electron chi connectivity index (χ1n) is 6.83. The number of nitrogens with two attached hydrogens (primary N) is 1. The zero-order chi connectivity index (χ0) is 14.0. The summed E-state index contributed by atoms with van der Waals surface area (Å²) < 4.78 is 39.7. The lowest BCUT2D eigenvalue weighted by Gasteiger charge is -2.27. The Balaban J connectivity index is 1.72. The van der Waals surface area contributed by atoms with Crippen molar-refractivity contribution in [2.75, 3.05) is 36.9 Å². The Morgan fingerprint density at radius 3 is 2.20 bits per heavy atom. The molecule has 1 aliphatic carbocycles. The number of hydrogen-bond acceptors (Lipinski definition) is 4. The topological polar surface area (TPSA) is 47.7 Å². The number of hydrogen-bond donors (Lipinski definition) is 1. The van der Waals surface area contributed by atoms with Gasteiger partial charge in [-0.2, -0.15) is 0 Å². The Hall–Kier alpha value is -1.40. The SMILES string of the molecule is Nc1cc(F)c(N2CC3(CC3)C3(C2)OCCO3)c(F)c1. The zero-order valence-corrected chi connectivity index (χ0v) is 11.0. The molecule has 3 fully saturated rings. The van der Waals surface area contributed by atoms with E-state index in [0.29, 0.717) is 26.3 Å². The molecule has 2 N–H and O–H groups in total. The van der Waals surface area contributed by atoms with Crippen LogP contribution in [0.15, 0.2) is 12.1 Å². The number of nitrogen functional groups attached to an aromatic ring is 1. The molecule has 2 heterocycles. The second kappa shape index (κ2) is 3.83. The lowest BCUT2D eigenvalue weighted by molar-refractivity contribution is -0.178. The van der Waals surface area contributed by atoms with Crippen molar-refractivity contribution in [1.29, 1.82) is 0 Å². The summed E-state index contributed by atoms with van der Waals surface area (Å²) in [5, 5.41) is 0. The van der Waals surface area contributed by atoms with Crippen molar-refractivity contribution in [3.05, 3.63) is 23.8 Å². The molecule has 4 nitrogen and oxygen atoms in total. The van der Waals surface area contributed by atoms with E-state index in [9.17, 15) is 8.78 Å². The fourth-order valence-electron chi connectivity index (χ4n) is 3.55. The van der Waals surface area contributed by atoms with Crippen LogP contribution >= 0.6 is 0 Å². The Labute approximate surface area is 115 Å². The monoisotopic (exact) mass is 282 g/mol. The molecule has 1 aromatic carbocycles. The molecule has 3 aliphatic rings. The Bertz CT molecular complexity index is 545. The summed E-state index contributed by atoms with van der Waals surface area (Å²) in [6.07, 6.45) is 1.95. The molecule has 4 rings (SSSR count). The maximum Gasteiger partial charge on any atom is 0.193 e. The first kappa shape index (κ1) is 12.3. The van der Waals surface area contributed by atoms with Crippen LogP contribution in [-0.4, -0.2) is 32.1 Å². The smallest absolute Gasteiger partial charge is 0.193 e. The minimum Gasteiger partial charge on any atom is -0.399 e. The molecule has 1 saturated carbocycles. The lowest BCUT2D eigenvalue weighted by atomic mass is 10.00. The van der Waals surface area contributed by atoms with E-state index in [1.54, 1.807) is 4.90 Å². The quantitative estimate of drug-likeness (QED) is 0.799. The van der Waals surface area contributed by atoms with Gasteiger partial charge in [-0.25, -0.2) is 8.78 Å². The molecule has 2 saturated heterocycles. The van der Waals surface area contributed by atoms with E-state index in [1.807, 2.05) is 0 Å². The standard InChI is InChI=1S/C14H16F2N2O2/c15-10-5-9(17)6-11(16)12(10)18-7-13(1-2-13)14(8-18)19-3-4-20-14/h5-6H,1-4,7-8,17H2. The molecule has 2 aliphatic heterocycles. The minimum atomic E-state index is -0.687.